The number of nitrogens with zero attached hydrogens (tertiary/aromatic N) is 2. The number of amides is 1. The Morgan fingerprint density at radius 1 is 1.00 bits per heavy atom. The highest BCUT2D eigenvalue weighted by Crippen LogP contribution is 2.21. The lowest BCUT2D eigenvalue weighted by atomic mass is 10.2. The number of anilines is 1. The van der Waals surface area contributed by atoms with E-state index in [1.807, 2.05) is 61.5 Å². The van der Waals surface area contributed by atoms with Crippen LogP contribution < -0.4 is 10.7 Å². The zero-order valence-electron chi connectivity index (χ0n) is 16.9. The summed E-state index contributed by atoms with van der Waals surface area (Å²) in [6.45, 7) is 2.96. The van der Waals surface area contributed by atoms with Gasteiger partial charge in [0.05, 0.1) is 12.8 Å². The van der Waals surface area contributed by atoms with Gasteiger partial charge in [0.1, 0.15) is 0 Å². The third kappa shape index (κ3) is 4.75. The van der Waals surface area contributed by atoms with Crippen molar-refractivity contribution in [1.29, 1.82) is 0 Å². The first-order valence-electron chi connectivity index (χ1n) is 9.93. The number of fused-ring (bicyclic) bond motifs is 1. The van der Waals surface area contributed by atoms with Gasteiger partial charge in [-0.15, -0.1) is 0 Å². The molecule has 4 aromatic rings. The molecule has 1 heterocycles. The number of hydrogen-bond acceptors (Lipinski definition) is 3. The van der Waals surface area contributed by atoms with E-state index in [2.05, 4.69) is 50.9 Å². The van der Waals surface area contributed by atoms with Crippen LogP contribution in [0, 0.1) is 6.92 Å². The highest BCUT2D eigenvalue weighted by Gasteiger charge is 2.07. The molecule has 0 atom stereocenters. The second kappa shape index (κ2) is 9.09. The van der Waals surface area contributed by atoms with Gasteiger partial charge in [0.15, 0.2) is 0 Å². The Balaban J connectivity index is 1.43. The summed E-state index contributed by atoms with van der Waals surface area (Å²) in [6.07, 6.45) is 3.77. The van der Waals surface area contributed by atoms with Crippen LogP contribution in [0.3, 0.4) is 0 Å². The van der Waals surface area contributed by atoms with Gasteiger partial charge < -0.3 is 9.88 Å². The van der Waals surface area contributed by atoms with Crippen molar-refractivity contribution in [3.63, 3.8) is 0 Å². The van der Waals surface area contributed by atoms with E-state index in [1.165, 1.54) is 5.56 Å². The van der Waals surface area contributed by atoms with Crippen LogP contribution in [0.4, 0.5) is 5.69 Å². The van der Waals surface area contributed by atoms with Gasteiger partial charge in [0, 0.05) is 34.9 Å². The molecule has 1 aromatic heterocycles. The van der Waals surface area contributed by atoms with Crippen LogP contribution in [0.25, 0.3) is 10.9 Å². The fourth-order valence-electron chi connectivity index (χ4n) is 3.44. The molecule has 4 rings (SSSR count). The molecule has 0 radical (unpaired) electrons. The van der Waals surface area contributed by atoms with Gasteiger partial charge in [-0.25, -0.2) is 5.43 Å². The number of carbonyl (C=O) groups is 1. The number of aromatic nitrogens is 1. The predicted molar refractivity (Wildman–Crippen MR) is 123 cm³/mol. The molecule has 0 bridgehead atoms. The summed E-state index contributed by atoms with van der Waals surface area (Å²) in [4.78, 5) is 12.1. The van der Waals surface area contributed by atoms with Crippen molar-refractivity contribution >= 4 is 28.7 Å². The van der Waals surface area contributed by atoms with Crippen LogP contribution in [-0.2, 0) is 11.3 Å². The van der Waals surface area contributed by atoms with E-state index < -0.39 is 0 Å². The normalized spacial score (nSPS) is 11.1. The zero-order valence-corrected chi connectivity index (χ0v) is 16.9. The van der Waals surface area contributed by atoms with E-state index in [1.54, 1.807) is 6.21 Å². The first kappa shape index (κ1) is 19.5. The third-order valence-electron chi connectivity index (χ3n) is 4.88. The Labute approximate surface area is 176 Å². The Morgan fingerprint density at radius 3 is 2.63 bits per heavy atom. The van der Waals surface area contributed by atoms with Gasteiger partial charge in [0.2, 0.25) is 0 Å². The predicted octanol–water partition coefficient (Wildman–Crippen LogP) is 4.56. The number of nitrogens with one attached hydrogen (secondary N) is 2. The summed E-state index contributed by atoms with van der Waals surface area (Å²) in [6, 6.07) is 26.5. The van der Waals surface area contributed by atoms with Crippen LogP contribution in [0.1, 0.15) is 16.7 Å². The molecule has 0 saturated carbocycles. The van der Waals surface area contributed by atoms with Crippen molar-refractivity contribution in [3.8, 4) is 0 Å². The van der Waals surface area contributed by atoms with Crippen molar-refractivity contribution in [2.75, 3.05) is 11.9 Å². The summed E-state index contributed by atoms with van der Waals surface area (Å²) in [5.74, 6) is -0.194. The molecule has 0 unspecified atom stereocenters. The number of benzene rings is 3. The Bertz CT molecular complexity index is 1180. The summed E-state index contributed by atoms with van der Waals surface area (Å²) in [7, 11) is 0. The van der Waals surface area contributed by atoms with Gasteiger partial charge >= 0.3 is 0 Å². The van der Waals surface area contributed by atoms with E-state index in [-0.39, 0.29) is 12.5 Å². The van der Waals surface area contributed by atoms with Gasteiger partial charge in [0.25, 0.3) is 5.91 Å². The van der Waals surface area contributed by atoms with Crippen LogP contribution in [0.5, 0.6) is 0 Å². The maximum absolute atomic E-state index is 12.1. The lowest BCUT2D eigenvalue weighted by Crippen LogP contribution is -2.25. The van der Waals surface area contributed by atoms with Crippen molar-refractivity contribution in [1.82, 2.24) is 9.99 Å². The topological polar surface area (TPSA) is 58.4 Å². The molecule has 2 N–H and O–H groups in total. The molecule has 0 saturated heterocycles. The minimum atomic E-state index is -0.194. The highest BCUT2D eigenvalue weighted by molar-refractivity contribution is 5.99. The molecular weight excluding hydrogens is 372 g/mol. The second-order valence-electron chi connectivity index (χ2n) is 7.23. The lowest BCUT2D eigenvalue weighted by molar-refractivity contribution is -0.119. The molecule has 30 heavy (non-hydrogen) atoms. The number of hydrogen-bond donors (Lipinski definition) is 2. The lowest BCUT2D eigenvalue weighted by Gasteiger charge is -2.05. The number of aryl methyl sites for hydroxylation is 1. The number of rotatable bonds is 7. The molecule has 3 aromatic carbocycles. The zero-order chi connectivity index (χ0) is 20.8. The van der Waals surface area contributed by atoms with Crippen molar-refractivity contribution < 1.29 is 4.79 Å². The quantitative estimate of drug-likeness (QED) is 0.355. The Hall–Kier alpha value is -3.86. The fraction of sp³-hybridized carbons (Fsp3) is 0.120. The summed E-state index contributed by atoms with van der Waals surface area (Å²) in [5, 5.41) is 8.37. The summed E-state index contributed by atoms with van der Waals surface area (Å²) in [5.41, 5.74) is 7.99. The van der Waals surface area contributed by atoms with Gasteiger partial charge in [-0.2, -0.15) is 5.10 Å². The van der Waals surface area contributed by atoms with E-state index in [9.17, 15) is 4.79 Å². The standard InChI is InChI=1S/C25H24N4O/c1-19-8-7-11-22(14-19)26-16-25(30)28-27-15-21-18-29(17-20-9-3-2-4-10-20)24-13-6-5-12-23(21)24/h2-15,18,26H,16-17H2,1H3,(H,28,30)/b27-15+. The molecule has 0 aliphatic rings. The molecule has 150 valence electrons. The molecule has 0 aliphatic heterocycles. The molecule has 0 aliphatic carbocycles. The minimum absolute atomic E-state index is 0.163. The van der Waals surface area contributed by atoms with Crippen LogP contribution in [0.2, 0.25) is 0 Å². The van der Waals surface area contributed by atoms with Gasteiger partial charge in [-0.05, 0) is 36.2 Å². The average Bonchev–Trinajstić information content (AvgIpc) is 3.11. The third-order valence-corrected chi connectivity index (χ3v) is 4.88. The molecule has 1 amide bonds. The van der Waals surface area contributed by atoms with Crippen molar-refractivity contribution in [3.05, 3.63) is 102 Å². The first-order valence-corrected chi connectivity index (χ1v) is 9.93. The van der Waals surface area contributed by atoms with Gasteiger partial charge in [-0.3, -0.25) is 4.79 Å². The van der Waals surface area contributed by atoms with Gasteiger partial charge in [-0.1, -0.05) is 60.7 Å². The molecule has 0 fully saturated rings. The van der Waals surface area contributed by atoms with E-state index >= 15 is 0 Å². The maximum Gasteiger partial charge on any atom is 0.259 e. The van der Waals surface area contributed by atoms with Crippen molar-refractivity contribution in [2.24, 2.45) is 5.10 Å². The van der Waals surface area contributed by atoms with Crippen molar-refractivity contribution in [2.45, 2.75) is 13.5 Å². The number of hydrazone groups is 1. The number of para-hydroxylation sites is 1. The minimum Gasteiger partial charge on any atom is -0.376 e. The smallest absolute Gasteiger partial charge is 0.259 e. The molecular formula is C25H24N4O. The molecule has 5 nitrogen and oxygen atoms in total. The monoisotopic (exact) mass is 396 g/mol. The van der Waals surface area contributed by atoms with Crippen LogP contribution >= 0.6 is 0 Å². The van der Waals surface area contributed by atoms with E-state index in [4.69, 9.17) is 0 Å². The largest absolute Gasteiger partial charge is 0.376 e. The van der Waals surface area contributed by atoms with Crippen LogP contribution in [0.15, 0.2) is 90.2 Å². The average molecular weight is 396 g/mol. The number of carbonyl (C=O) groups excluding carboxylic acids is 1. The fourth-order valence-corrected chi connectivity index (χ4v) is 3.44. The second-order valence-corrected chi connectivity index (χ2v) is 7.23. The van der Waals surface area contributed by atoms with E-state index in [0.717, 1.165) is 34.3 Å². The molecule has 5 heteroatoms. The molecule has 0 spiro atoms. The van der Waals surface area contributed by atoms with E-state index in [0.29, 0.717) is 0 Å². The SMILES string of the molecule is Cc1cccc(NCC(=O)N/N=C/c2cn(Cc3ccccc3)c3ccccc23)c1. The highest BCUT2D eigenvalue weighted by atomic mass is 16.2. The Morgan fingerprint density at radius 2 is 1.80 bits per heavy atom. The van der Waals surface area contributed by atoms with Crippen LogP contribution in [-0.4, -0.2) is 23.2 Å². The summed E-state index contributed by atoms with van der Waals surface area (Å²) < 4.78 is 2.20. The maximum atomic E-state index is 12.1. The summed E-state index contributed by atoms with van der Waals surface area (Å²) >= 11 is 0. The first-order chi connectivity index (χ1) is 14.7. The Kier molecular flexibility index (Phi) is 5.90.